The van der Waals surface area contributed by atoms with Crippen LogP contribution in [0.5, 0.6) is 0 Å². The van der Waals surface area contributed by atoms with E-state index in [0.717, 1.165) is 0 Å². The van der Waals surface area contributed by atoms with Gasteiger partial charge in [0.2, 0.25) is 0 Å². The van der Waals surface area contributed by atoms with E-state index in [1.165, 1.54) is 22.5 Å². The number of hydrogen-bond acceptors (Lipinski definition) is 5. The van der Waals surface area contributed by atoms with E-state index in [1.807, 2.05) is 0 Å². The third kappa shape index (κ3) is 2.71. The Labute approximate surface area is 78.7 Å². The molecule has 0 saturated heterocycles. The molecule has 0 radical (unpaired) electrons. The summed E-state index contributed by atoms with van der Waals surface area (Å²) in [6.45, 7) is 0.0765. The second-order valence-electron chi connectivity index (χ2n) is 2.22. The van der Waals surface area contributed by atoms with Crippen LogP contribution in [0, 0.1) is 10.1 Å². The van der Waals surface area contributed by atoms with Gasteiger partial charge in [0, 0.05) is 5.75 Å². The maximum atomic E-state index is 10.4. The summed E-state index contributed by atoms with van der Waals surface area (Å²) in [5.41, 5.74) is 0. The lowest BCUT2D eigenvalue weighted by Crippen LogP contribution is -2.01. The van der Waals surface area contributed by atoms with Crippen molar-refractivity contribution in [2.75, 3.05) is 12.4 Å². The highest BCUT2D eigenvalue weighted by Crippen LogP contribution is 2.12. The molecule has 1 N–H and O–H groups in total. The van der Waals surface area contributed by atoms with E-state index in [4.69, 9.17) is 5.11 Å². The average molecular weight is 203 g/mol. The molecule has 0 saturated carbocycles. The summed E-state index contributed by atoms with van der Waals surface area (Å²) >= 11 is 1.41. The Morgan fingerprint density at radius 1 is 1.77 bits per heavy atom. The van der Waals surface area contributed by atoms with Crippen molar-refractivity contribution in [3.05, 3.63) is 22.5 Å². The quantitative estimate of drug-likeness (QED) is 0.427. The predicted octanol–water partition coefficient (Wildman–Crippen LogP) is 0.474. The molecule has 72 valence electrons. The Balaban J connectivity index is 2.55. The van der Waals surface area contributed by atoms with Crippen molar-refractivity contribution < 1.29 is 10.0 Å². The summed E-state index contributed by atoms with van der Waals surface area (Å²) in [6.07, 6.45) is 2.93. The van der Waals surface area contributed by atoms with Crippen LogP contribution in [-0.4, -0.2) is 31.9 Å². The fraction of sp³-hybridized carbons (Fsp3) is 0.500. The molecular weight excluding hydrogens is 194 g/mol. The first-order chi connectivity index (χ1) is 6.25. The molecule has 0 fully saturated rings. The van der Waals surface area contributed by atoms with E-state index in [1.54, 1.807) is 6.20 Å². The van der Waals surface area contributed by atoms with E-state index in [2.05, 4.69) is 4.98 Å². The number of hydrogen-bond donors (Lipinski definition) is 1. The maximum absolute atomic E-state index is 10.4. The van der Waals surface area contributed by atoms with Gasteiger partial charge in [0.05, 0.1) is 6.61 Å². The maximum Gasteiger partial charge on any atom is 0.435 e. The lowest BCUT2D eigenvalue weighted by atomic mass is 10.9. The van der Waals surface area contributed by atoms with E-state index in [-0.39, 0.29) is 12.6 Å². The zero-order valence-corrected chi connectivity index (χ0v) is 7.61. The summed E-state index contributed by atoms with van der Waals surface area (Å²) in [5, 5.41) is 18.9. The van der Waals surface area contributed by atoms with Crippen LogP contribution >= 0.6 is 11.8 Å². The summed E-state index contributed by atoms with van der Waals surface area (Å²) in [7, 11) is 0. The van der Waals surface area contributed by atoms with Crippen molar-refractivity contribution in [2.24, 2.45) is 0 Å². The fourth-order valence-corrected chi connectivity index (χ4v) is 1.46. The molecule has 0 spiro atoms. The SMILES string of the molecule is O=[N+]([O-])c1nccn1CSCCO. The number of rotatable bonds is 5. The van der Waals surface area contributed by atoms with Crippen LogP contribution in [0.1, 0.15) is 0 Å². The van der Waals surface area contributed by atoms with Crippen LogP contribution in [0.2, 0.25) is 0 Å². The van der Waals surface area contributed by atoms with Crippen molar-refractivity contribution in [1.82, 2.24) is 9.55 Å². The molecule has 1 heterocycles. The van der Waals surface area contributed by atoms with Gasteiger partial charge >= 0.3 is 5.95 Å². The van der Waals surface area contributed by atoms with Gasteiger partial charge in [-0.25, -0.2) is 4.57 Å². The van der Waals surface area contributed by atoms with Crippen molar-refractivity contribution >= 4 is 17.7 Å². The first-order valence-corrected chi connectivity index (χ1v) is 4.75. The fourth-order valence-electron chi connectivity index (χ4n) is 0.802. The van der Waals surface area contributed by atoms with Gasteiger partial charge in [-0.15, -0.1) is 11.8 Å². The predicted molar refractivity (Wildman–Crippen MR) is 48.4 cm³/mol. The average Bonchev–Trinajstić information content (AvgIpc) is 2.53. The van der Waals surface area contributed by atoms with Crippen molar-refractivity contribution in [3.63, 3.8) is 0 Å². The van der Waals surface area contributed by atoms with Crippen LogP contribution < -0.4 is 0 Å². The molecule has 0 aliphatic heterocycles. The van der Waals surface area contributed by atoms with E-state index >= 15 is 0 Å². The van der Waals surface area contributed by atoms with Gasteiger partial charge < -0.3 is 15.2 Å². The monoisotopic (exact) mass is 203 g/mol. The minimum absolute atomic E-state index is 0.0765. The third-order valence-electron chi connectivity index (χ3n) is 1.32. The van der Waals surface area contributed by atoms with Gasteiger partial charge in [-0.1, -0.05) is 4.98 Å². The van der Waals surface area contributed by atoms with Gasteiger partial charge in [0.1, 0.15) is 18.3 Å². The number of imidazole rings is 1. The second kappa shape index (κ2) is 4.83. The van der Waals surface area contributed by atoms with E-state index in [0.29, 0.717) is 11.6 Å². The van der Waals surface area contributed by atoms with Crippen molar-refractivity contribution in [2.45, 2.75) is 5.88 Å². The zero-order chi connectivity index (χ0) is 9.68. The normalized spacial score (nSPS) is 10.2. The lowest BCUT2D eigenvalue weighted by Gasteiger charge is -1.99. The van der Waals surface area contributed by atoms with Crippen LogP contribution in [0.25, 0.3) is 0 Å². The lowest BCUT2D eigenvalue weighted by molar-refractivity contribution is -0.396. The topological polar surface area (TPSA) is 81.2 Å². The zero-order valence-electron chi connectivity index (χ0n) is 6.79. The molecule has 1 rings (SSSR count). The van der Waals surface area contributed by atoms with Gasteiger partial charge in [0.15, 0.2) is 0 Å². The Hall–Kier alpha value is -1.08. The van der Waals surface area contributed by atoms with E-state index in [9.17, 15) is 10.1 Å². The molecule has 0 atom stereocenters. The molecule has 13 heavy (non-hydrogen) atoms. The second-order valence-corrected chi connectivity index (χ2v) is 3.29. The molecule has 0 aromatic carbocycles. The van der Waals surface area contributed by atoms with Crippen LogP contribution in [0.15, 0.2) is 12.4 Å². The largest absolute Gasteiger partial charge is 0.435 e. The Morgan fingerprint density at radius 3 is 3.15 bits per heavy atom. The Kier molecular flexibility index (Phi) is 3.71. The number of aliphatic hydroxyl groups is 1. The molecule has 0 aliphatic rings. The minimum atomic E-state index is -0.528. The molecular formula is C6H9N3O3S. The van der Waals surface area contributed by atoms with Gasteiger partial charge in [0.25, 0.3) is 0 Å². The van der Waals surface area contributed by atoms with Crippen molar-refractivity contribution in [1.29, 1.82) is 0 Å². The number of nitrogens with zero attached hydrogens (tertiary/aromatic N) is 3. The molecule has 6 nitrogen and oxygen atoms in total. The molecule has 0 aliphatic carbocycles. The summed E-state index contributed by atoms with van der Waals surface area (Å²) < 4.78 is 1.43. The van der Waals surface area contributed by atoms with Gasteiger partial charge in [-0.2, -0.15) is 0 Å². The Morgan fingerprint density at radius 2 is 2.54 bits per heavy atom. The summed E-state index contributed by atoms with van der Waals surface area (Å²) in [6, 6.07) is 0. The highest BCUT2D eigenvalue weighted by Gasteiger charge is 2.12. The van der Waals surface area contributed by atoms with Crippen LogP contribution in [0.3, 0.4) is 0 Å². The summed E-state index contributed by atoms with van der Waals surface area (Å²) in [4.78, 5) is 13.4. The summed E-state index contributed by atoms with van der Waals surface area (Å²) in [5.74, 6) is 0.845. The Bertz CT molecular complexity index is 288. The number of aromatic nitrogens is 2. The molecule has 0 amide bonds. The van der Waals surface area contributed by atoms with Crippen LogP contribution in [-0.2, 0) is 5.88 Å². The van der Waals surface area contributed by atoms with Gasteiger partial charge in [-0.05, 0) is 4.92 Å². The number of aliphatic hydroxyl groups excluding tert-OH is 1. The number of nitro groups is 1. The van der Waals surface area contributed by atoms with Crippen molar-refractivity contribution in [3.8, 4) is 0 Å². The molecule has 1 aromatic rings. The number of thioether (sulfide) groups is 1. The first-order valence-electron chi connectivity index (χ1n) is 3.60. The molecule has 0 unspecified atom stereocenters. The van der Waals surface area contributed by atoms with Gasteiger partial charge in [-0.3, -0.25) is 0 Å². The molecule has 0 bridgehead atoms. The standard InChI is InChI=1S/C6H9N3O3S/c10-3-4-13-5-8-2-1-7-6(8)9(11)12/h1-2,10H,3-5H2. The first kappa shape index (κ1) is 10.0. The highest BCUT2D eigenvalue weighted by atomic mass is 32.2. The molecule has 7 heteroatoms. The third-order valence-corrected chi connectivity index (χ3v) is 2.25. The van der Waals surface area contributed by atoms with Crippen LogP contribution in [0.4, 0.5) is 5.95 Å². The smallest absolute Gasteiger partial charge is 0.396 e. The molecule has 1 aromatic heterocycles. The van der Waals surface area contributed by atoms with E-state index < -0.39 is 4.92 Å². The minimum Gasteiger partial charge on any atom is -0.396 e. The highest BCUT2D eigenvalue weighted by molar-refractivity contribution is 7.98.